The van der Waals surface area contributed by atoms with Crippen LogP contribution >= 0.6 is 0 Å². The van der Waals surface area contributed by atoms with E-state index in [0.717, 1.165) is 12.0 Å². The van der Waals surface area contributed by atoms with Gasteiger partial charge in [-0.1, -0.05) is 25.1 Å². The maximum absolute atomic E-state index is 12.9. The highest BCUT2D eigenvalue weighted by Crippen LogP contribution is 2.31. The Labute approximate surface area is 164 Å². The highest BCUT2D eigenvalue weighted by atomic mass is 19.4. The number of esters is 1. The molecule has 1 aliphatic heterocycles. The fraction of sp³-hybridized carbons (Fsp3) is 0.600. The van der Waals surface area contributed by atoms with Crippen LogP contribution in [0.1, 0.15) is 43.2 Å². The standard InChI is InChI=1S/C20H28F3N3O2/c1-14(16-5-4-6-17(13-16)20(21,22)23)7-10-25-19(24-2)26-11-8-15(9-12-26)18(27)28-3/h4-6,13-15H,7-12H2,1-3H3,(H,24,25). The summed E-state index contributed by atoms with van der Waals surface area (Å²) in [5.74, 6) is 0.496. The molecule has 28 heavy (non-hydrogen) atoms. The van der Waals surface area contributed by atoms with E-state index in [9.17, 15) is 18.0 Å². The van der Waals surface area contributed by atoms with Gasteiger partial charge in [0.15, 0.2) is 5.96 Å². The summed E-state index contributed by atoms with van der Waals surface area (Å²) in [6.07, 6.45) is -2.21. The van der Waals surface area contributed by atoms with Crippen molar-refractivity contribution in [3.63, 3.8) is 0 Å². The van der Waals surface area contributed by atoms with Gasteiger partial charge in [0.05, 0.1) is 18.6 Å². The van der Waals surface area contributed by atoms with Gasteiger partial charge in [-0.15, -0.1) is 0 Å². The first-order valence-corrected chi connectivity index (χ1v) is 9.46. The summed E-state index contributed by atoms with van der Waals surface area (Å²) in [6, 6.07) is 5.49. The Kier molecular flexibility index (Phi) is 7.71. The van der Waals surface area contributed by atoms with Gasteiger partial charge in [-0.3, -0.25) is 9.79 Å². The molecular formula is C20H28F3N3O2. The number of hydrogen-bond donors (Lipinski definition) is 1. The van der Waals surface area contributed by atoms with E-state index in [0.29, 0.717) is 44.5 Å². The molecule has 1 N–H and O–H groups in total. The van der Waals surface area contributed by atoms with E-state index in [2.05, 4.69) is 15.2 Å². The highest BCUT2D eigenvalue weighted by Gasteiger charge is 2.30. The Morgan fingerprint density at radius 2 is 2.04 bits per heavy atom. The number of alkyl halides is 3. The SMILES string of the molecule is CN=C(NCCC(C)c1cccc(C(F)(F)F)c1)N1CCC(C(=O)OC)CC1. The van der Waals surface area contributed by atoms with Crippen LogP contribution in [-0.4, -0.2) is 50.6 Å². The van der Waals surface area contributed by atoms with E-state index < -0.39 is 11.7 Å². The van der Waals surface area contributed by atoms with Crippen molar-refractivity contribution in [2.75, 3.05) is 33.8 Å². The summed E-state index contributed by atoms with van der Waals surface area (Å²) in [5, 5.41) is 3.28. The zero-order chi connectivity index (χ0) is 20.7. The van der Waals surface area contributed by atoms with Crippen molar-refractivity contribution in [1.82, 2.24) is 10.2 Å². The Balaban J connectivity index is 1.84. The molecule has 1 aliphatic rings. The molecule has 2 rings (SSSR count). The number of rotatable bonds is 5. The molecule has 0 radical (unpaired) electrons. The molecule has 0 aromatic heterocycles. The van der Waals surface area contributed by atoms with Crippen molar-refractivity contribution >= 4 is 11.9 Å². The van der Waals surface area contributed by atoms with E-state index in [4.69, 9.17) is 4.74 Å². The average molecular weight is 399 g/mol. The van der Waals surface area contributed by atoms with Crippen LogP contribution in [0.5, 0.6) is 0 Å². The molecule has 8 heteroatoms. The van der Waals surface area contributed by atoms with Crippen LogP contribution in [0.2, 0.25) is 0 Å². The molecule has 1 heterocycles. The molecule has 1 fully saturated rings. The summed E-state index contributed by atoms with van der Waals surface area (Å²) in [4.78, 5) is 18.0. The summed E-state index contributed by atoms with van der Waals surface area (Å²) in [5.41, 5.74) is 0.0552. The lowest BCUT2D eigenvalue weighted by atomic mass is 9.96. The van der Waals surface area contributed by atoms with Crippen LogP contribution in [0.3, 0.4) is 0 Å². The third-order valence-electron chi connectivity index (χ3n) is 5.18. The molecule has 1 aromatic rings. The third kappa shape index (κ3) is 5.87. The number of benzene rings is 1. The van der Waals surface area contributed by atoms with Crippen molar-refractivity contribution in [1.29, 1.82) is 0 Å². The zero-order valence-corrected chi connectivity index (χ0v) is 16.6. The minimum atomic E-state index is -4.33. The number of likely N-dealkylation sites (tertiary alicyclic amines) is 1. The lowest BCUT2D eigenvalue weighted by molar-refractivity contribution is -0.146. The van der Waals surface area contributed by atoms with E-state index in [1.807, 2.05) is 6.92 Å². The lowest BCUT2D eigenvalue weighted by Crippen LogP contribution is -2.47. The van der Waals surface area contributed by atoms with Gasteiger partial charge in [0, 0.05) is 26.7 Å². The normalized spacial score (nSPS) is 17.4. The van der Waals surface area contributed by atoms with Crippen molar-refractivity contribution in [3.05, 3.63) is 35.4 Å². The summed E-state index contributed by atoms with van der Waals surface area (Å²) in [6.45, 7) is 3.94. The number of carbonyl (C=O) groups is 1. The Hall–Kier alpha value is -2.25. The van der Waals surface area contributed by atoms with Crippen LogP contribution in [0.4, 0.5) is 13.2 Å². The second-order valence-corrected chi connectivity index (χ2v) is 7.07. The molecule has 1 unspecified atom stereocenters. The molecule has 0 spiro atoms. The molecule has 0 saturated carbocycles. The number of methoxy groups -OCH3 is 1. The van der Waals surface area contributed by atoms with Gasteiger partial charge in [-0.05, 0) is 36.8 Å². The monoisotopic (exact) mass is 399 g/mol. The van der Waals surface area contributed by atoms with Crippen LogP contribution in [0.15, 0.2) is 29.3 Å². The molecule has 1 aromatic carbocycles. The Morgan fingerprint density at radius 1 is 1.36 bits per heavy atom. The minimum Gasteiger partial charge on any atom is -0.469 e. The molecular weight excluding hydrogens is 371 g/mol. The Bertz CT molecular complexity index is 684. The van der Waals surface area contributed by atoms with Gasteiger partial charge in [-0.2, -0.15) is 13.2 Å². The summed E-state index contributed by atoms with van der Waals surface area (Å²) >= 11 is 0. The predicted molar refractivity (Wildman–Crippen MR) is 102 cm³/mol. The molecule has 1 saturated heterocycles. The highest BCUT2D eigenvalue weighted by molar-refractivity contribution is 5.80. The number of hydrogen-bond acceptors (Lipinski definition) is 3. The second kappa shape index (κ2) is 9.80. The number of carbonyl (C=O) groups excluding carboxylic acids is 1. The number of halogens is 3. The van der Waals surface area contributed by atoms with E-state index in [-0.39, 0.29) is 17.8 Å². The zero-order valence-electron chi connectivity index (χ0n) is 16.6. The Morgan fingerprint density at radius 3 is 2.61 bits per heavy atom. The molecule has 0 amide bonds. The van der Waals surface area contributed by atoms with Crippen LogP contribution in [0.25, 0.3) is 0 Å². The number of ether oxygens (including phenoxy) is 1. The maximum Gasteiger partial charge on any atom is 0.416 e. The third-order valence-corrected chi connectivity index (χ3v) is 5.18. The topological polar surface area (TPSA) is 53.9 Å². The number of piperidine rings is 1. The van der Waals surface area contributed by atoms with Crippen molar-refractivity contribution in [2.24, 2.45) is 10.9 Å². The average Bonchev–Trinajstić information content (AvgIpc) is 2.70. The van der Waals surface area contributed by atoms with Gasteiger partial charge in [0.2, 0.25) is 0 Å². The van der Waals surface area contributed by atoms with Gasteiger partial charge in [-0.25, -0.2) is 0 Å². The smallest absolute Gasteiger partial charge is 0.416 e. The number of guanidine groups is 1. The van der Waals surface area contributed by atoms with Crippen LogP contribution < -0.4 is 5.32 Å². The van der Waals surface area contributed by atoms with Crippen LogP contribution in [-0.2, 0) is 15.7 Å². The second-order valence-electron chi connectivity index (χ2n) is 7.07. The molecule has 5 nitrogen and oxygen atoms in total. The van der Waals surface area contributed by atoms with Gasteiger partial charge >= 0.3 is 12.1 Å². The largest absolute Gasteiger partial charge is 0.469 e. The minimum absolute atomic E-state index is 0.0158. The lowest BCUT2D eigenvalue weighted by Gasteiger charge is -2.33. The molecule has 0 aliphatic carbocycles. The first kappa shape index (κ1) is 22.0. The van der Waals surface area contributed by atoms with Crippen LogP contribution in [0, 0.1) is 5.92 Å². The first-order valence-electron chi connectivity index (χ1n) is 9.46. The summed E-state index contributed by atoms with van der Waals surface area (Å²) in [7, 11) is 3.10. The van der Waals surface area contributed by atoms with Gasteiger partial charge < -0.3 is 15.0 Å². The number of aliphatic imine (C=N–C) groups is 1. The fourth-order valence-corrected chi connectivity index (χ4v) is 3.41. The molecule has 1 atom stereocenters. The van der Waals surface area contributed by atoms with Gasteiger partial charge in [0.25, 0.3) is 0 Å². The van der Waals surface area contributed by atoms with Crippen molar-refractivity contribution in [3.8, 4) is 0 Å². The fourth-order valence-electron chi connectivity index (χ4n) is 3.41. The van der Waals surface area contributed by atoms with Crippen molar-refractivity contribution in [2.45, 2.75) is 38.3 Å². The first-order chi connectivity index (χ1) is 13.3. The van der Waals surface area contributed by atoms with Gasteiger partial charge in [0.1, 0.15) is 0 Å². The van der Waals surface area contributed by atoms with E-state index in [1.165, 1.54) is 19.2 Å². The van der Waals surface area contributed by atoms with E-state index >= 15 is 0 Å². The molecule has 0 bridgehead atoms. The van der Waals surface area contributed by atoms with Crippen molar-refractivity contribution < 1.29 is 22.7 Å². The quantitative estimate of drug-likeness (QED) is 0.466. The maximum atomic E-state index is 12.9. The van der Waals surface area contributed by atoms with E-state index in [1.54, 1.807) is 13.1 Å². The molecule has 156 valence electrons. The number of nitrogens with one attached hydrogen (secondary N) is 1. The predicted octanol–water partition coefficient (Wildman–Crippen LogP) is 3.66. The summed E-state index contributed by atoms with van der Waals surface area (Å²) < 4.78 is 43.4. The number of nitrogens with zero attached hydrogens (tertiary/aromatic N) is 2.